The maximum Gasteiger partial charge on any atom is 0.171 e. The first-order valence-corrected chi connectivity index (χ1v) is 11.3. The van der Waals surface area contributed by atoms with Crippen molar-refractivity contribution in [3.63, 3.8) is 0 Å². The van der Waals surface area contributed by atoms with Gasteiger partial charge in [-0.1, -0.05) is 78.0 Å². The fourth-order valence-electron chi connectivity index (χ4n) is 4.75. The smallest absolute Gasteiger partial charge is 0.171 e. The van der Waals surface area contributed by atoms with Crippen LogP contribution in [0.1, 0.15) is 0 Å². The number of hydrogen-bond donors (Lipinski definition) is 0. The first-order valence-electron chi connectivity index (χ1n) is 11.3. The summed E-state index contributed by atoms with van der Waals surface area (Å²) in [6.45, 7) is 0. The summed E-state index contributed by atoms with van der Waals surface area (Å²) >= 11 is 0. The lowest BCUT2D eigenvalue weighted by Gasteiger charge is -2.10. The Balaban J connectivity index is 1.72. The standard InChI is InChI=1S/C29H18FN5/c30-22-17-15-20(16-18-22)26-29-34-27(21-11-5-2-6-12-21)25(19-9-3-1-4-10-19)31-28(34)23-13-7-8-14-24(23)35(29)33-32-26/h1-18H. The summed E-state index contributed by atoms with van der Waals surface area (Å²) < 4.78 is 17.7. The molecule has 0 fully saturated rings. The Bertz CT molecular complexity index is 1840. The number of hydrogen-bond acceptors (Lipinski definition) is 3. The van der Waals surface area contributed by atoms with E-state index in [4.69, 9.17) is 4.98 Å². The highest BCUT2D eigenvalue weighted by Crippen LogP contribution is 2.38. The monoisotopic (exact) mass is 455 g/mol. The van der Waals surface area contributed by atoms with Crippen LogP contribution in [0.15, 0.2) is 109 Å². The van der Waals surface area contributed by atoms with E-state index in [0.29, 0.717) is 5.69 Å². The van der Waals surface area contributed by atoms with Gasteiger partial charge in [-0.3, -0.25) is 4.40 Å². The summed E-state index contributed by atoms with van der Waals surface area (Å²) in [5.74, 6) is -0.292. The molecule has 35 heavy (non-hydrogen) atoms. The lowest BCUT2D eigenvalue weighted by molar-refractivity contribution is 0.628. The van der Waals surface area contributed by atoms with Crippen molar-refractivity contribution in [3.8, 4) is 33.8 Å². The third-order valence-electron chi connectivity index (χ3n) is 6.32. The Morgan fingerprint density at radius 1 is 0.600 bits per heavy atom. The van der Waals surface area contributed by atoms with Gasteiger partial charge in [0.05, 0.1) is 16.9 Å². The minimum absolute atomic E-state index is 0.292. The first-order chi connectivity index (χ1) is 17.3. The molecule has 4 aromatic carbocycles. The predicted octanol–water partition coefficient (Wildman–Crippen LogP) is 6.67. The molecule has 3 heterocycles. The molecule has 0 aliphatic rings. The third-order valence-corrected chi connectivity index (χ3v) is 6.32. The van der Waals surface area contributed by atoms with Gasteiger partial charge in [0.1, 0.15) is 17.2 Å². The molecule has 0 bridgehead atoms. The molecule has 5 nitrogen and oxygen atoms in total. The molecule has 0 saturated carbocycles. The summed E-state index contributed by atoms with van der Waals surface area (Å²) in [4.78, 5) is 5.20. The lowest BCUT2D eigenvalue weighted by Crippen LogP contribution is -2.00. The molecule has 0 atom stereocenters. The van der Waals surface area contributed by atoms with Crippen LogP contribution in [0, 0.1) is 5.82 Å². The zero-order valence-corrected chi connectivity index (χ0v) is 18.5. The molecule has 7 rings (SSSR count). The van der Waals surface area contributed by atoms with E-state index < -0.39 is 0 Å². The Kier molecular flexibility index (Phi) is 4.26. The van der Waals surface area contributed by atoms with E-state index in [1.165, 1.54) is 12.1 Å². The Hall–Kier alpha value is -4.84. The summed E-state index contributed by atoms with van der Waals surface area (Å²) in [6, 6.07) is 34.8. The Labute approximate surface area is 199 Å². The Morgan fingerprint density at radius 3 is 1.97 bits per heavy atom. The second-order valence-electron chi connectivity index (χ2n) is 8.40. The third kappa shape index (κ3) is 2.97. The van der Waals surface area contributed by atoms with Crippen LogP contribution >= 0.6 is 0 Å². The molecule has 0 unspecified atom stereocenters. The summed E-state index contributed by atoms with van der Waals surface area (Å²) in [5, 5.41) is 10.1. The van der Waals surface area contributed by atoms with Gasteiger partial charge < -0.3 is 0 Å². The van der Waals surface area contributed by atoms with E-state index in [1.54, 1.807) is 12.1 Å². The summed E-state index contributed by atoms with van der Waals surface area (Å²) in [6.07, 6.45) is 0. The van der Waals surface area contributed by atoms with Gasteiger partial charge in [-0.15, -0.1) is 5.10 Å². The SMILES string of the molecule is Fc1ccc(-c2nnn3c4ccccc4c4nc(-c5ccccc5)c(-c5ccccc5)n4c23)cc1. The average molecular weight is 455 g/mol. The molecule has 0 radical (unpaired) electrons. The zero-order valence-electron chi connectivity index (χ0n) is 18.5. The second-order valence-corrected chi connectivity index (χ2v) is 8.40. The molecule has 0 saturated heterocycles. The van der Waals surface area contributed by atoms with E-state index in [1.807, 2.05) is 59.1 Å². The fourth-order valence-corrected chi connectivity index (χ4v) is 4.75. The molecule has 0 N–H and O–H groups in total. The maximum absolute atomic E-state index is 13.7. The number of nitrogens with zero attached hydrogens (tertiary/aromatic N) is 5. The number of halogens is 1. The largest absolute Gasteiger partial charge is 0.274 e. The van der Waals surface area contributed by atoms with E-state index in [2.05, 4.69) is 45.0 Å². The van der Waals surface area contributed by atoms with Crippen molar-refractivity contribution < 1.29 is 4.39 Å². The molecular weight excluding hydrogens is 437 g/mol. The highest BCUT2D eigenvalue weighted by Gasteiger charge is 2.24. The van der Waals surface area contributed by atoms with Gasteiger partial charge >= 0.3 is 0 Å². The molecule has 0 spiro atoms. The van der Waals surface area contributed by atoms with E-state index >= 15 is 0 Å². The zero-order chi connectivity index (χ0) is 23.4. The molecule has 0 amide bonds. The van der Waals surface area contributed by atoms with E-state index in [9.17, 15) is 4.39 Å². The van der Waals surface area contributed by atoms with Crippen LogP contribution in [-0.2, 0) is 0 Å². The normalized spacial score (nSPS) is 11.6. The second kappa shape index (κ2) is 7.60. The van der Waals surface area contributed by atoms with Crippen LogP contribution in [-0.4, -0.2) is 24.2 Å². The quantitative estimate of drug-likeness (QED) is 0.299. The minimum atomic E-state index is -0.292. The van der Waals surface area contributed by atoms with Gasteiger partial charge in [-0.25, -0.2) is 9.37 Å². The topological polar surface area (TPSA) is 47.5 Å². The van der Waals surface area contributed by atoms with Gasteiger partial charge in [0, 0.05) is 22.1 Å². The van der Waals surface area contributed by atoms with Crippen LogP contribution in [0.25, 0.3) is 56.0 Å². The molecule has 6 heteroatoms. The number of benzene rings is 4. The van der Waals surface area contributed by atoms with E-state index in [-0.39, 0.29) is 5.82 Å². The molecule has 0 aliphatic carbocycles. The van der Waals surface area contributed by atoms with Gasteiger partial charge in [0.25, 0.3) is 0 Å². The summed E-state index contributed by atoms with van der Waals surface area (Å²) in [5.41, 5.74) is 7.82. The van der Waals surface area contributed by atoms with Crippen molar-refractivity contribution in [2.45, 2.75) is 0 Å². The van der Waals surface area contributed by atoms with Crippen LogP contribution in [0.3, 0.4) is 0 Å². The molecular formula is C29H18FN5. The van der Waals surface area contributed by atoms with Crippen LogP contribution in [0.4, 0.5) is 4.39 Å². The first kappa shape index (κ1) is 19.6. The van der Waals surface area contributed by atoms with Gasteiger partial charge in [-0.05, 0) is 36.4 Å². The van der Waals surface area contributed by atoms with Crippen LogP contribution < -0.4 is 0 Å². The van der Waals surface area contributed by atoms with Crippen molar-refractivity contribution in [2.75, 3.05) is 0 Å². The number of imidazole rings is 1. The van der Waals surface area contributed by atoms with Crippen molar-refractivity contribution in [1.29, 1.82) is 0 Å². The summed E-state index contributed by atoms with van der Waals surface area (Å²) in [7, 11) is 0. The van der Waals surface area contributed by atoms with Crippen LogP contribution in [0.5, 0.6) is 0 Å². The highest BCUT2D eigenvalue weighted by atomic mass is 19.1. The molecule has 3 aromatic heterocycles. The Morgan fingerprint density at radius 2 is 1.23 bits per heavy atom. The minimum Gasteiger partial charge on any atom is -0.274 e. The fraction of sp³-hybridized carbons (Fsp3) is 0. The van der Waals surface area contributed by atoms with Gasteiger partial charge in [0.15, 0.2) is 5.65 Å². The lowest BCUT2D eigenvalue weighted by atomic mass is 10.0. The van der Waals surface area contributed by atoms with Crippen molar-refractivity contribution in [1.82, 2.24) is 24.2 Å². The van der Waals surface area contributed by atoms with Crippen LogP contribution in [0.2, 0.25) is 0 Å². The molecule has 0 aliphatic heterocycles. The number of fused-ring (bicyclic) bond motifs is 6. The van der Waals surface area contributed by atoms with Gasteiger partial charge in [0.2, 0.25) is 0 Å². The predicted molar refractivity (Wildman–Crippen MR) is 136 cm³/mol. The number of para-hydroxylation sites is 1. The van der Waals surface area contributed by atoms with Gasteiger partial charge in [-0.2, -0.15) is 4.52 Å². The van der Waals surface area contributed by atoms with Crippen molar-refractivity contribution >= 4 is 22.2 Å². The number of aromatic nitrogens is 5. The van der Waals surface area contributed by atoms with E-state index in [0.717, 1.165) is 50.3 Å². The number of rotatable bonds is 3. The maximum atomic E-state index is 13.7. The molecule has 7 aromatic rings. The molecule has 166 valence electrons. The average Bonchev–Trinajstić information content (AvgIpc) is 3.53. The van der Waals surface area contributed by atoms with Crippen molar-refractivity contribution in [3.05, 3.63) is 115 Å². The van der Waals surface area contributed by atoms with Crippen molar-refractivity contribution in [2.24, 2.45) is 0 Å². The highest BCUT2D eigenvalue weighted by molar-refractivity contribution is 5.99.